The van der Waals surface area contributed by atoms with Crippen LogP contribution in [0.2, 0.25) is 0 Å². The highest BCUT2D eigenvalue weighted by atomic mass is 16.4. The van der Waals surface area contributed by atoms with Gasteiger partial charge in [-0.05, 0) is 18.4 Å². The van der Waals surface area contributed by atoms with Crippen LogP contribution in [0.3, 0.4) is 0 Å². The van der Waals surface area contributed by atoms with Crippen molar-refractivity contribution in [2.24, 2.45) is 24.1 Å². The lowest BCUT2D eigenvalue weighted by molar-refractivity contribution is -0.149. The van der Waals surface area contributed by atoms with Crippen LogP contribution < -0.4 is 5.73 Å². The summed E-state index contributed by atoms with van der Waals surface area (Å²) in [6.07, 6.45) is 2.76. The molecule has 0 spiro atoms. The summed E-state index contributed by atoms with van der Waals surface area (Å²) in [5.74, 6) is -0.544. The van der Waals surface area contributed by atoms with Crippen molar-refractivity contribution in [2.75, 3.05) is 6.54 Å². The van der Waals surface area contributed by atoms with E-state index in [1.165, 1.54) is 0 Å². The van der Waals surface area contributed by atoms with Crippen molar-refractivity contribution < 1.29 is 9.90 Å². The van der Waals surface area contributed by atoms with Crippen molar-refractivity contribution in [3.8, 4) is 0 Å². The molecule has 0 fully saturated rings. The van der Waals surface area contributed by atoms with Gasteiger partial charge in [-0.1, -0.05) is 13.8 Å². The van der Waals surface area contributed by atoms with Gasteiger partial charge in [0.25, 0.3) is 0 Å². The Labute approximate surface area is 102 Å². The van der Waals surface area contributed by atoms with E-state index in [0.717, 1.165) is 5.69 Å². The molecule has 5 heteroatoms. The van der Waals surface area contributed by atoms with Gasteiger partial charge >= 0.3 is 5.97 Å². The predicted octanol–water partition coefficient (Wildman–Crippen LogP) is 1.04. The minimum Gasteiger partial charge on any atom is -0.481 e. The van der Waals surface area contributed by atoms with Gasteiger partial charge in [-0.25, -0.2) is 0 Å². The highest BCUT2D eigenvalue weighted by Gasteiger charge is 2.38. The Balaban J connectivity index is 2.93. The highest BCUT2D eigenvalue weighted by molar-refractivity contribution is 5.75. The van der Waals surface area contributed by atoms with Crippen LogP contribution in [-0.4, -0.2) is 27.4 Å². The fourth-order valence-corrected chi connectivity index (χ4v) is 2.16. The van der Waals surface area contributed by atoms with Gasteiger partial charge in [-0.3, -0.25) is 9.48 Å². The van der Waals surface area contributed by atoms with Crippen molar-refractivity contribution in [3.63, 3.8) is 0 Å². The van der Waals surface area contributed by atoms with Gasteiger partial charge < -0.3 is 10.8 Å². The quantitative estimate of drug-likeness (QED) is 0.777. The number of aliphatic carboxylic acids is 1. The first-order chi connectivity index (χ1) is 7.89. The smallest absolute Gasteiger partial charge is 0.311 e. The molecule has 0 aliphatic rings. The molecule has 5 nitrogen and oxygen atoms in total. The maximum atomic E-state index is 11.5. The van der Waals surface area contributed by atoms with Gasteiger partial charge in [-0.15, -0.1) is 0 Å². The third kappa shape index (κ3) is 3.30. The van der Waals surface area contributed by atoms with Crippen LogP contribution in [-0.2, 0) is 18.3 Å². The lowest BCUT2D eigenvalue weighted by Gasteiger charge is -2.28. The summed E-state index contributed by atoms with van der Waals surface area (Å²) in [5, 5.41) is 13.7. The summed E-state index contributed by atoms with van der Waals surface area (Å²) in [6, 6.07) is 1.84. The van der Waals surface area contributed by atoms with Crippen molar-refractivity contribution >= 4 is 5.97 Å². The Hall–Kier alpha value is -1.36. The van der Waals surface area contributed by atoms with E-state index < -0.39 is 11.4 Å². The molecule has 0 aromatic carbocycles. The number of carboxylic acid groups (broad SMARTS) is 1. The Morgan fingerprint density at radius 3 is 2.65 bits per heavy atom. The Bertz CT molecular complexity index is 387. The maximum Gasteiger partial charge on any atom is 0.311 e. The first kappa shape index (κ1) is 13.7. The number of hydrogen-bond donors (Lipinski definition) is 2. The molecule has 3 N–H and O–H groups in total. The SMILES string of the molecule is CC(C)CC(CN)(Cc1ccn(C)n1)C(=O)O. The maximum absolute atomic E-state index is 11.5. The van der Waals surface area contributed by atoms with Crippen LogP contribution in [0, 0.1) is 11.3 Å². The topological polar surface area (TPSA) is 81.1 Å². The largest absolute Gasteiger partial charge is 0.481 e. The second kappa shape index (κ2) is 5.31. The monoisotopic (exact) mass is 239 g/mol. The minimum absolute atomic E-state index is 0.136. The van der Waals surface area contributed by atoms with Crippen molar-refractivity contribution in [1.29, 1.82) is 0 Å². The van der Waals surface area contributed by atoms with Crippen molar-refractivity contribution in [3.05, 3.63) is 18.0 Å². The average Bonchev–Trinajstić information content (AvgIpc) is 2.61. The van der Waals surface area contributed by atoms with E-state index in [-0.39, 0.29) is 6.54 Å². The molecule has 0 saturated carbocycles. The number of carbonyl (C=O) groups is 1. The normalized spacial score (nSPS) is 14.9. The number of nitrogens with zero attached hydrogens (tertiary/aromatic N) is 2. The molecule has 1 heterocycles. The zero-order valence-corrected chi connectivity index (χ0v) is 10.7. The molecule has 0 bridgehead atoms. The Kier molecular flexibility index (Phi) is 4.28. The molecule has 1 aromatic heterocycles. The number of aromatic nitrogens is 2. The van der Waals surface area contributed by atoms with E-state index in [0.29, 0.717) is 18.8 Å². The molecule has 0 aliphatic carbocycles. The molecule has 1 aromatic rings. The number of rotatable bonds is 6. The van der Waals surface area contributed by atoms with E-state index >= 15 is 0 Å². The number of carboxylic acids is 1. The number of nitrogens with two attached hydrogens (primary N) is 1. The summed E-state index contributed by atoms with van der Waals surface area (Å²) < 4.78 is 1.67. The second-order valence-corrected chi connectivity index (χ2v) is 5.05. The molecule has 0 saturated heterocycles. The Morgan fingerprint density at radius 1 is 1.65 bits per heavy atom. The standard InChI is InChI=1S/C12H21N3O2/c1-9(2)6-12(8-13,11(16)17)7-10-4-5-15(3)14-10/h4-5,9H,6-8,13H2,1-3H3,(H,16,17). The zero-order chi connectivity index (χ0) is 13.1. The van der Waals surface area contributed by atoms with E-state index in [9.17, 15) is 9.90 Å². The summed E-state index contributed by atoms with van der Waals surface area (Å²) >= 11 is 0. The number of aryl methyl sites for hydroxylation is 1. The molecule has 1 rings (SSSR count). The van der Waals surface area contributed by atoms with Gasteiger partial charge in [0.2, 0.25) is 0 Å². The van der Waals surface area contributed by atoms with Gasteiger partial charge in [0, 0.05) is 26.2 Å². The third-order valence-electron chi connectivity index (χ3n) is 2.93. The predicted molar refractivity (Wildman–Crippen MR) is 65.5 cm³/mol. The minimum atomic E-state index is -0.900. The summed E-state index contributed by atoms with van der Waals surface area (Å²) in [7, 11) is 1.82. The van der Waals surface area contributed by atoms with E-state index in [1.54, 1.807) is 4.68 Å². The van der Waals surface area contributed by atoms with Crippen LogP contribution in [0.4, 0.5) is 0 Å². The first-order valence-electron chi connectivity index (χ1n) is 5.81. The van der Waals surface area contributed by atoms with E-state index in [4.69, 9.17) is 5.73 Å². The molecule has 17 heavy (non-hydrogen) atoms. The average molecular weight is 239 g/mol. The molecular weight excluding hydrogens is 218 g/mol. The molecule has 0 amide bonds. The van der Waals surface area contributed by atoms with E-state index in [2.05, 4.69) is 5.10 Å². The third-order valence-corrected chi connectivity index (χ3v) is 2.93. The molecular formula is C12H21N3O2. The second-order valence-electron chi connectivity index (χ2n) is 5.05. The van der Waals surface area contributed by atoms with Crippen LogP contribution >= 0.6 is 0 Å². The molecule has 0 radical (unpaired) electrons. The highest BCUT2D eigenvalue weighted by Crippen LogP contribution is 2.29. The fraction of sp³-hybridized carbons (Fsp3) is 0.667. The van der Waals surface area contributed by atoms with Crippen LogP contribution in [0.1, 0.15) is 26.0 Å². The Morgan fingerprint density at radius 2 is 2.29 bits per heavy atom. The zero-order valence-electron chi connectivity index (χ0n) is 10.7. The van der Waals surface area contributed by atoms with Crippen molar-refractivity contribution in [2.45, 2.75) is 26.7 Å². The summed E-state index contributed by atoms with van der Waals surface area (Å²) in [5.41, 5.74) is 5.57. The van der Waals surface area contributed by atoms with E-state index in [1.807, 2.05) is 33.2 Å². The lowest BCUT2D eigenvalue weighted by Crippen LogP contribution is -2.42. The lowest BCUT2D eigenvalue weighted by atomic mass is 9.76. The van der Waals surface area contributed by atoms with Gasteiger partial charge in [0.05, 0.1) is 11.1 Å². The summed E-state index contributed by atoms with van der Waals surface area (Å²) in [4.78, 5) is 11.5. The van der Waals surface area contributed by atoms with Crippen LogP contribution in [0.5, 0.6) is 0 Å². The molecule has 96 valence electrons. The summed E-state index contributed by atoms with van der Waals surface area (Å²) in [6.45, 7) is 4.15. The first-order valence-corrected chi connectivity index (χ1v) is 5.81. The number of hydrogen-bond acceptors (Lipinski definition) is 3. The van der Waals surface area contributed by atoms with Crippen molar-refractivity contribution in [1.82, 2.24) is 9.78 Å². The van der Waals surface area contributed by atoms with Gasteiger partial charge in [0.1, 0.15) is 0 Å². The molecule has 1 unspecified atom stereocenters. The molecule has 1 atom stereocenters. The fourth-order valence-electron chi connectivity index (χ4n) is 2.16. The van der Waals surface area contributed by atoms with Gasteiger partial charge in [0.15, 0.2) is 0 Å². The van der Waals surface area contributed by atoms with Gasteiger partial charge in [-0.2, -0.15) is 5.10 Å². The van der Waals surface area contributed by atoms with Crippen LogP contribution in [0.25, 0.3) is 0 Å². The molecule has 0 aliphatic heterocycles. The van der Waals surface area contributed by atoms with Crippen LogP contribution in [0.15, 0.2) is 12.3 Å².